The molecule has 0 aromatic heterocycles. The number of hydrogen-bond donors (Lipinski definition) is 0. The summed E-state index contributed by atoms with van der Waals surface area (Å²) in [5.41, 5.74) is -0.611. The largest absolute Gasteiger partial charge is 0.566 e. The Balaban J connectivity index is 3.38. The Morgan fingerprint density at radius 2 is 2.11 bits per heavy atom. The van der Waals surface area contributed by atoms with Gasteiger partial charge in [0.2, 0.25) is 0 Å². The zero-order chi connectivity index (χ0) is 13.8. The molecule has 0 saturated heterocycles. The van der Waals surface area contributed by atoms with Gasteiger partial charge in [0.25, 0.3) is 0 Å². The van der Waals surface area contributed by atoms with Crippen LogP contribution in [0.5, 0.6) is 0 Å². The maximum absolute atomic E-state index is 13.1. The minimum absolute atomic E-state index is 0.0931. The third-order valence-electron chi connectivity index (χ3n) is 2.98. The lowest BCUT2D eigenvalue weighted by Gasteiger charge is -2.27. The molecular weight excluding hydrogens is 256 g/mol. The van der Waals surface area contributed by atoms with Crippen LogP contribution in [0.3, 0.4) is 0 Å². The van der Waals surface area contributed by atoms with E-state index in [1.165, 1.54) is 12.1 Å². The van der Waals surface area contributed by atoms with Crippen molar-refractivity contribution in [2.75, 3.05) is 0 Å². The summed E-state index contributed by atoms with van der Waals surface area (Å²) in [6.45, 7) is 3.51. The first kappa shape index (κ1) is 14.7. The van der Waals surface area contributed by atoms with Gasteiger partial charge in [-0.3, -0.25) is 0 Å². The van der Waals surface area contributed by atoms with Crippen LogP contribution in [0.2, 0.25) is 0 Å². The van der Waals surface area contributed by atoms with Crippen molar-refractivity contribution >= 4 is 8.25 Å². The van der Waals surface area contributed by atoms with Crippen molar-refractivity contribution in [3.63, 3.8) is 0 Å². The van der Waals surface area contributed by atoms with Gasteiger partial charge >= 0.3 is 8.25 Å². The Labute approximate surface area is 106 Å². The Morgan fingerprint density at radius 3 is 2.56 bits per heavy atom. The van der Waals surface area contributed by atoms with Crippen LogP contribution in [-0.2, 0) is 14.7 Å². The zero-order valence-electron chi connectivity index (χ0n) is 10.1. The highest BCUT2D eigenvalue weighted by atomic mass is 31.1. The third kappa shape index (κ3) is 2.91. The summed E-state index contributed by atoms with van der Waals surface area (Å²) < 4.78 is 28.9. The van der Waals surface area contributed by atoms with E-state index >= 15 is 0 Å². The van der Waals surface area contributed by atoms with Gasteiger partial charge < -0.3 is 4.89 Å². The summed E-state index contributed by atoms with van der Waals surface area (Å²) >= 11 is 0. The van der Waals surface area contributed by atoms with Crippen molar-refractivity contribution < 1.29 is 18.4 Å². The van der Waals surface area contributed by atoms with Crippen LogP contribution in [-0.4, -0.2) is 0 Å². The lowest BCUT2D eigenvalue weighted by molar-refractivity contribution is -0.197. The minimum atomic E-state index is -3.05. The fourth-order valence-corrected chi connectivity index (χ4v) is 2.60. The summed E-state index contributed by atoms with van der Waals surface area (Å²) in [7, 11) is -3.05. The molecule has 0 heterocycles. The van der Waals surface area contributed by atoms with E-state index < -0.39 is 19.7 Å². The van der Waals surface area contributed by atoms with Gasteiger partial charge in [0.1, 0.15) is 11.4 Å². The first-order chi connectivity index (χ1) is 8.49. The number of benzene rings is 1. The van der Waals surface area contributed by atoms with Crippen LogP contribution < -0.4 is 4.89 Å². The number of nitriles is 1. The van der Waals surface area contributed by atoms with E-state index in [-0.39, 0.29) is 5.56 Å². The van der Waals surface area contributed by atoms with Crippen molar-refractivity contribution in [1.82, 2.24) is 0 Å². The van der Waals surface area contributed by atoms with Gasteiger partial charge in [-0.2, -0.15) is 5.26 Å². The molecule has 0 aliphatic carbocycles. The monoisotopic (exact) mass is 269 g/mol. The second-order valence-electron chi connectivity index (χ2n) is 3.82. The first-order valence-electron chi connectivity index (χ1n) is 5.52. The highest BCUT2D eigenvalue weighted by Crippen LogP contribution is 2.40. The minimum Gasteiger partial charge on any atom is -0.566 e. The maximum atomic E-state index is 13.1. The molecule has 1 aromatic rings. The molecule has 1 atom stereocenters. The van der Waals surface area contributed by atoms with Crippen molar-refractivity contribution in [3.8, 4) is 6.07 Å². The molecule has 0 spiro atoms. The average Bonchev–Trinajstić information content (AvgIpc) is 2.35. The van der Waals surface area contributed by atoms with Crippen molar-refractivity contribution in [2.24, 2.45) is 0 Å². The molecule has 0 radical (unpaired) electrons. The predicted molar refractivity (Wildman–Crippen MR) is 62.1 cm³/mol. The molecular formula is C12H13FNO3P. The lowest BCUT2D eigenvalue weighted by atomic mass is 9.85. The number of halogens is 1. The number of rotatable bonds is 5. The van der Waals surface area contributed by atoms with Crippen LogP contribution in [0.1, 0.15) is 37.8 Å². The van der Waals surface area contributed by atoms with Crippen LogP contribution >= 0.6 is 8.25 Å². The Morgan fingerprint density at radius 1 is 1.50 bits per heavy atom. The molecule has 0 bridgehead atoms. The molecule has 1 rings (SSSR count). The molecule has 0 N–H and O–H groups in total. The molecule has 4 nitrogen and oxygen atoms in total. The van der Waals surface area contributed by atoms with E-state index in [0.717, 1.165) is 6.07 Å². The Kier molecular flexibility index (Phi) is 4.92. The predicted octanol–water partition coefficient (Wildman–Crippen LogP) is 2.75. The topological polar surface area (TPSA) is 73.2 Å². The second kappa shape index (κ2) is 6.01. The Bertz CT molecular complexity index is 495. The van der Waals surface area contributed by atoms with E-state index in [2.05, 4.69) is 0 Å². The molecule has 18 heavy (non-hydrogen) atoms. The maximum Gasteiger partial charge on any atom is 0.489 e. The molecule has 0 aliphatic heterocycles. The molecule has 0 saturated carbocycles. The van der Waals surface area contributed by atoms with Gasteiger partial charge in [0, 0.05) is 5.56 Å². The molecule has 96 valence electrons. The van der Waals surface area contributed by atoms with Gasteiger partial charge in [0.05, 0.1) is 11.6 Å². The quantitative estimate of drug-likeness (QED) is 0.770. The van der Waals surface area contributed by atoms with E-state index in [1.54, 1.807) is 13.8 Å². The normalized spacial score (nSPS) is 12.1. The van der Waals surface area contributed by atoms with Crippen LogP contribution in [0.15, 0.2) is 18.2 Å². The van der Waals surface area contributed by atoms with Gasteiger partial charge in [-0.1, -0.05) is 19.9 Å². The van der Waals surface area contributed by atoms with E-state index in [9.17, 15) is 13.8 Å². The lowest BCUT2D eigenvalue weighted by Crippen LogP contribution is -2.28. The Hall–Kier alpha value is -1.34. The summed E-state index contributed by atoms with van der Waals surface area (Å²) in [4.78, 5) is 10.8. The summed E-state index contributed by atoms with van der Waals surface area (Å²) in [5, 5.41) is 9.01. The first-order valence-corrected chi connectivity index (χ1v) is 6.62. The standard InChI is InChI=1S/C12H13FNO3P/c1-3-12(4-2,17-18(15)16)11-6-5-10(13)7-9(11)8-14/h5-7H,3-4H2,1-2H3. The van der Waals surface area contributed by atoms with E-state index in [0.29, 0.717) is 18.4 Å². The van der Waals surface area contributed by atoms with Gasteiger partial charge in [-0.05, 0) is 29.5 Å². The van der Waals surface area contributed by atoms with Gasteiger partial charge in [-0.25, -0.2) is 4.39 Å². The summed E-state index contributed by atoms with van der Waals surface area (Å²) in [5.74, 6) is -0.539. The summed E-state index contributed by atoms with van der Waals surface area (Å²) in [6.07, 6.45) is 0.736. The van der Waals surface area contributed by atoms with Crippen molar-refractivity contribution in [1.29, 1.82) is 5.26 Å². The number of hydrogen-bond acceptors (Lipinski definition) is 4. The molecule has 1 unspecified atom stereocenters. The molecule has 6 heteroatoms. The number of nitrogens with zero attached hydrogens (tertiary/aromatic N) is 1. The molecule has 0 aliphatic rings. The van der Waals surface area contributed by atoms with Crippen LogP contribution in [0.4, 0.5) is 4.39 Å². The third-order valence-corrected chi connectivity index (χ3v) is 3.48. The smallest absolute Gasteiger partial charge is 0.489 e. The van der Waals surface area contributed by atoms with Crippen molar-refractivity contribution in [3.05, 3.63) is 35.1 Å². The zero-order valence-corrected chi connectivity index (χ0v) is 11.0. The highest BCUT2D eigenvalue weighted by molar-refractivity contribution is 7.30. The molecule has 0 fully saturated rings. The molecule has 0 amide bonds. The fourth-order valence-electron chi connectivity index (χ4n) is 1.96. The van der Waals surface area contributed by atoms with Gasteiger partial charge in [0.15, 0.2) is 0 Å². The van der Waals surface area contributed by atoms with E-state index in [4.69, 9.17) is 9.79 Å². The summed E-state index contributed by atoms with van der Waals surface area (Å²) in [6, 6.07) is 5.54. The molecule has 1 aromatic carbocycles. The SMILES string of the molecule is CCC(CC)(O[P+](=O)[O-])c1ccc(F)cc1C#N. The van der Waals surface area contributed by atoms with E-state index in [1.807, 2.05) is 6.07 Å². The van der Waals surface area contributed by atoms with Gasteiger partial charge in [-0.15, -0.1) is 4.52 Å². The van der Waals surface area contributed by atoms with Crippen LogP contribution in [0.25, 0.3) is 0 Å². The average molecular weight is 269 g/mol. The van der Waals surface area contributed by atoms with Crippen molar-refractivity contribution in [2.45, 2.75) is 32.3 Å². The fraction of sp³-hybridized carbons (Fsp3) is 0.417. The highest BCUT2D eigenvalue weighted by Gasteiger charge is 2.38. The van der Waals surface area contributed by atoms with Crippen LogP contribution in [0, 0.1) is 17.1 Å². The second-order valence-corrected chi connectivity index (χ2v) is 4.45.